The quantitative estimate of drug-likeness (QED) is 0.0384. The van der Waals surface area contributed by atoms with Gasteiger partial charge >= 0.3 is 17.9 Å². The third-order valence-corrected chi connectivity index (χ3v) is 9.33. The summed E-state index contributed by atoms with van der Waals surface area (Å²) in [4.78, 5) is 55.8. The molecule has 1 aliphatic heterocycles. The van der Waals surface area contributed by atoms with Gasteiger partial charge < -0.3 is 46.7 Å². The van der Waals surface area contributed by atoms with Crippen molar-refractivity contribution in [2.75, 3.05) is 83.1 Å². The number of hydrogen-bond donors (Lipinski definition) is 6. The van der Waals surface area contributed by atoms with Gasteiger partial charge in [0.05, 0.1) is 63.6 Å². The van der Waals surface area contributed by atoms with E-state index in [2.05, 4.69) is 10.3 Å². The number of amides is 2. The molecule has 21 heteroatoms. The number of rotatable bonds is 27. The van der Waals surface area contributed by atoms with Crippen LogP contribution in [0, 0.1) is 0 Å². The summed E-state index contributed by atoms with van der Waals surface area (Å²) in [5.74, 6) is -0.557. The number of hydrogen-bond acceptors (Lipinski definition) is 16. The molecule has 2 heterocycles. The Bertz CT molecular complexity index is 1070. The topological polar surface area (TPSA) is 286 Å². The van der Waals surface area contributed by atoms with Crippen molar-refractivity contribution in [1.29, 1.82) is 0 Å². The van der Waals surface area contributed by atoms with Gasteiger partial charge in [0.2, 0.25) is 11.8 Å². The van der Waals surface area contributed by atoms with Crippen LogP contribution in [0.4, 0.5) is 0 Å². The van der Waals surface area contributed by atoms with E-state index in [0.29, 0.717) is 83.7 Å². The number of imide groups is 1. The predicted octanol–water partition coefficient (Wildman–Crippen LogP) is -0.224. The molecular formula is C28H51N7O11S3. The van der Waals surface area contributed by atoms with Crippen LogP contribution in [0.5, 0.6) is 0 Å². The molecule has 1 fully saturated rings. The van der Waals surface area contributed by atoms with Crippen molar-refractivity contribution in [2.24, 2.45) is 17.2 Å². The highest BCUT2D eigenvalue weighted by Crippen LogP contribution is 2.25. The van der Waals surface area contributed by atoms with Gasteiger partial charge in [0.25, 0.3) is 0 Å². The lowest BCUT2D eigenvalue weighted by atomic mass is 10.3. The fourth-order valence-corrected chi connectivity index (χ4v) is 6.52. The van der Waals surface area contributed by atoms with Gasteiger partial charge in [-0.2, -0.15) is 0 Å². The standard InChI is InChI=1S/C12H20N2O5S.C8H14N4O3.C8H17NO3S2/c13-3-5-19-6-7-20-9-8-10(15)14(12(9)18)4-1-2-11(16)17;9-1-3-15-4-2-12-6-7(10-11-12)5-8(13)14;9-3-4-12-5-7-14-13-6-1-2-8(10)11/h9H,1-8,13H2,(H,16,17);6H,1-5,9H2,(H,13,14);1-7,9H2,(H,10,11). The van der Waals surface area contributed by atoms with Crippen LogP contribution in [0.3, 0.4) is 0 Å². The SMILES string of the molecule is NCCOCCSC1CC(=O)N(CCCC(=O)O)C1=O.NCCOCCSSCCCC(=O)O.NCCOCCn1cc(CC(=O)O)nn1. The number of aromatic nitrogens is 3. The number of nitrogens with two attached hydrogens (primary N) is 3. The molecule has 1 aliphatic rings. The van der Waals surface area contributed by atoms with E-state index in [1.165, 1.54) is 16.7 Å². The predicted molar refractivity (Wildman–Crippen MR) is 187 cm³/mol. The molecule has 0 aliphatic carbocycles. The Morgan fingerprint density at radius 2 is 1.35 bits per heavy atom. The lowest BCUT2D eigenvalue weighted by Crippen LogP contribution is -2.32. The van der Waals surface area contributed by atoms with Crippen LogP contribution in [-0.4, -0.2) is 153 Å². The fraction of sp³-hybridized carbons (Fsp3) is 0.750. The van der Waals surface area contributed by atoms with Crippen LogP contribution >= 0.6 is 33.3 Å². The molecular weight excluding hydrogens is 707 g/mol. The first kappa shape index (κ1) is 46.5. The van der Waals surface area contributed by atoms with Crippen molar-refractivity contribution in [3.8, 4) is 0 Å². The molecule has 0 saturated carbocycles. The molecule has 49 heavy (non-hydrogen) atoms. The molecule has 282 valence electrons. The number of ether oxygens (including phenoxy) is 3. The first-order valence-electron chi connectivity index (χ1n) is 15.6. The second-order valence-corrected chi connectivity index (χ2v) is 13.8. The molecule has 1 saturated heterocycles. The summed E-state index contributed by atoms with van der Waals surface area (Å²) in [6.45, 7) is 5.57. The van der Waals surface area contributed by atoms with Crippen LogP contribution in [0.25, 0.3) is 0 Å². The van der Waals surface area contributed by atoms with Gasteiger partial charge in [0.15, 0.2) is 0 Å². The molecule has 2 rings (SSSR count). The van der Waals surface area contributed by atoms with Crippen molar-refractivity contribution in [2.45, 2.75) is 50.3 Å². The van der Waals surface area contributed by atoms with E-state index >= 15 is 0 Å². The molecule has 18 nitrogen and oxygen atoms in total. The third-order valence-electron chi connectivity index (χ3n) is 5.70. The summed E-state index contributed by atoms with van der Waals surface area (Å²) < 4.78 is 17.1. The Balaban J connectivity index is 0.000000721. The normalized spacial score (nSPS) is 13.9. The molecule has 9 N–H and O–H groups in total. The minimum absolute atomic E-state index is 0.0399. The number of carboxylic acids is 3. The summed E-state index contributed by atoms with van der Waals surface area (Å²) >= 11 is 1.40. The van der Waals surface area contributed by atoms with Crippen molar-refractivity contribution >= 4 is 63.1 Å². The molecule has 1 aromatic heterocycles. The van der Waals surface area contributed by atoms with Crippen molar-refractivity contribution in [3.63, 3.8) is 0 Å². The average molecular weight is 758 g/mol. The van der Waals surface area contributed by atoms with E-state index in [0.717, 1.165) is 17.9 Å². The lowest BCUT2D eigenvalue weighted by molar-refractivity contribution is -0.141. The van der Waals surface area contributed by atoms with E-state index in [1.54, 1.807) is 32.5 Å². The van der Waals surface area contributed by atoms with Crippen molar-refractivity contribution < 1.29 is 53.5 Å². The van der Waals surface area contributed by atoms with E-state index < -0.39 is 17.9 Å². The van der Waals surface area contributed by atoms with E-state index in [4.69, 9.17) is 46.7 Å². The number of thioether (sulfide) groups is 1. The largest absolute Gasteiger partial charge is 0.481 e. The van der Waals surface area contributed by atoms with Crippen LogP contribution in [0.15, 0.2) is 6.20 Å². The maximum atomic E-state index is 12.0. The van der Waals surface area contributed by atoms with Crippen molar-refractivity contribution in [1.82, 2.24) is 19.9 Å². The number of aliphatic carboxylic acids is 3. The molecule has 0 radical (unpaired) electrons. The Kier molecular flexibility index (Phi) is 29.9. The zero-order chi connectivity index (χ0) is 36.7. The Labute approximate surface area is 298 Å². The molecule has 1 unspecified atom stereocenters. The van der Waals surface area contributed by atoms with Crippen LogP contribution in [0.2, 0.25) is 0 Å². The summed E-state index contributed by atoms with van der Waals surface area (Å²) in [6.07, 6.45) is 2.93. The highest BCUT2D eigenvalue weighted by atomic mass is 33.1. The third kappa shape index (κ3) is 27.0. The smallest absolute Gasteiger partial charge is 0.309 e. The fourth-order valence-electron chi connectivity index (χ4n) is 3.55. The molecule has 2 amide bonds. The second kappa shape index (κ2) is 31.5. The van der Waals surface area contributed by atoms with E-state index in [9.17, 15) is 24.0 Å². The number of nitrogens with zero attached hydrogens (tertiary/aromatic N) is 4. The van der Waals surface area contributed by atoms with Gasteiger partial charge in [-0.3, -0.25) is 28.9 Å². The monoisotopic (exact) mass is 757 g/mol. The van der Waals surface area contributed by atoms with Crippen LogP contribution < -0.4 is 17.2 Å². The Morgan fingerprint density at radius 3 is 1.94 bits per heavy atom. The summed E-state index contributed by atoms with van der Waals surface area (Å²) in [7, 11) is 3.41. The summed E-state index contributed by atoms with van der Waals surface area (Å²) in [6, 6.07) is 0. The lowest BCUT2D eigenvalue weighted by Gasteiger charge is -2.14. The highest BCUT2D eigenvalue weighted by Gasteiger charge is 2.38. The minimum atomic E-state index is -0.924. The highest BCUT2D eigenvalue weighted by molar-refractivity contribution is 8.76. The molecule has 0 aromatic carbocycles. The van der Waals surface area contributed by atoms with E-state index in [1.807, 2.05) is 0 Å². The van der Waals surface area contributed by atoms with Gasteiger partial charge in [-0.05, 0) is 12.8 Å². The molecule has 1 aromatic rings. The van der Waals surface area contributed by atoms with Crippen LogP contribution in [-0.2, 0) is 51.1 Å². The minimum Gasteiger partial charge on any atom is -0.481 e. The molecule has 1 atom stereocenters. The van der Waals surface area contributed by atoms with Crippen molar-refractivity contribution in [3.05, 3.63) is 11.9 Å². The summed E-state index contributed by atoms with van der Waals surface area (Å²) in [5.41, 5.74) is 16.2. The number of carboxylic acid groups (broad SMARTS) is 3. The zero-order valence-corrected chi connectivity index (χ0v) is 30.1. The Hall–Kier alpha value is -2.50. The second-order valence-electron chi connectivity index (χ2n) is 9.83. The maximum absolute atomic E-state index is 12.0. The maximum Gasteiger partial charge on any atom is 0.309 e. The van der Waals surface area contributed by atoms with Gasteiger partial charge in [-0.15, -0.1) is 16.9 Å². The summed E-state index contributed by atoms with van der Waals surface area (Å²) in [5, 5.41) is 32.5. The van der Waals surface area contributed by atoms with Gasteiger partial charge in [0, 0.05) is 68.9 Å². The number of likely N-dealkylation sites (tertiary alicyclic amines) is 1. The number of carbonyl (C=O) groups is 5. The first-order valence-corrected chi connectivity index (χ1v) is 19.2. The molecule has 0 bridgehead atoms. The molecule has 0 spiro atoms. The number of carbonyl (C=O) groups excluding carboxylic acids is 2. The first-order chi connectivity index (χ1) is 23.5. The van der Waals surface area contributed by atoms with Gasteiger partial charge in [0.1, 0.15) is 0 Å². The van der Waals surface area contributed by atoms with Gasteiger partial charge in [-0.1, -0.05) is 26.8 Å². The average Bonchev–Trinajstić information content (AvgIpc) is 3.60. The Morgan fingerprint density at radius 1 is 0.776 bits per heavy atom. The van der Waals surface area contributed by atoms with Crippen LogP contribution in [0.1, 0.15) is 37.8 Å². The zero-order valence-electron chi connectivity index (χ0n) is 27.7. The van der Waals surface area contributed by atoms with Gasteiger partial charge in [-0.25, -0.2) is 4.68 Å². The van der Waals surface area contributed by atoms with E-state index in [-0.39, 0.29) is 49.3 Å².